The summed E-state index contributed by atoms with van der Waals surface area (Å²) in [6.45, 7) is 8.20. The average Bonchev–Trinajstić information content (AvgIpc) is 3.08. The van der Waals surface area contributed by atoms with E-state index in [0.717, 1.165) is 29.9 Å². The summed E-state index contributed by atoms with van der Waals surface area (Å²) >= 11 is 13.2. The van der Waals surface area contributed by atoms with Gasteiger partial charge < -0.3 is 10.0 Å². The highest BCUT2D eigenvalue weighted by Gasteiger charge is 2.10. The third kappa shape index (κ3) is 36.9. The van der Waals surface area contributed by atoms with Crippen LogP contribution in [0.5, 0.6) is 0 Å². The molecule has 2 nitrogen and oxygen atoms in total. The fourth-order valence-electron chi connectivity index (χ4n) is 6.79. The Morgan fingerprint density at radius 1 is 0.447 bits per heavy atom. The molecule has 0 saturated carbocycles. The SMILES string of the molecule is CCCCC(CCCCCS)CSCCCCCCCCCN(CCO)CCCCCCCCCSCC(CCC)CCCCCS. The molecule has 0 aliphatic heterocycles. The van der Waals surface area contributed by atoms with Crippen LogP contribution in [0.4, 0.5) is 0 Å². The molecule has 2 atom stereocenters. The summed E-state index contributed by atoms with van der Waals surface area (Å²) < 4.78 is 0. The van der Waals surface area contributed by atoms with E-state index in [1.165, 1.54) is 209 Å². The van der Waals surface area contributed by atoms with Gasteiger partial charge in [-0.2, -0.15) is 48.8 Å². The van der Waals surface area contributed by atoms with Gasteiger partial charge in [-0.15, -0.1) is 0 Å². The van der Waals surface area contributed by atoms with E-state index >= 15 is 0 Å². The van der Waals surface area contributed by atoms with Crippen LogP contribution in [0.2, 0.25) is 0 Å². The molecule has 1 N–H and O–H groups in total. The number of thioether (sulfide) groups is 2. The summed E-state index contributed by atoms with van der Waals surface area (Å²) in [7, 11) is 0. The first-order valence-corrected chi connectivity index (χ1v) is 24.5. The lowest BCUT2D eigenvalue weighted by Gasteiger charge is -2.21. The molecule has 0 heterocycles. The summed E-state index contributed by atoms with van der Waals surface area (Å²) in [5.41, 5.74) is 0. The average molecular weight is 736 g/mol. The van der Waals surface area contributed by atoms with E-state index in [9.17, 15) is 5.11 Å². The molecular weight excluding hydrogens is 651 g/mol. The zero-order valence-corrected chi connectivity index (χ0v) is 35.3. The van der Waals surface area contributed by atoms with Crippen molar-refractivity contribution in [1.29, 1.82) is 0 Å². The second kappa shape index (κ2) is 41.7. The van der Waals surface area contributed by atoms with Crippen LogP contribution in [0.25, 0.3) is 0 Å². The minimum absolute atomic E-state index is 0.306. The standard InChI is InChI=1S/C41H85NOS4/c1-3-5-27-41(29-19-17-23-35-45)39-47-37-25-15-11-7-9-13-21-31-42(32-33-43)30-20-12-8-6-10-14-24-36-46-38-40(26-4-2)28-18-16-22-34-44/h40-41,43-45H,3-39H2,1-2H3. The Hall–Kier alpha value is 1.32. The molecule has 47 heavy (non-hydrogen) atoms. The van der Waals surface area contributed by atoms with Gasteiger partial charge in [0.25, 0.3) is 0 Å². The third-order valence-corrected chi connectivity index (χ3v) is 13.1. The topological polar surface area (TPSA) is 23.5 Å². The predicted octanol–water partition coefficient (Wildman–Crippen LogP) is 13.4. The molecule has 6 heteroatoms. The molecule has 0 spiro atoms. The fourth-order valence-corrected chi connectivity index (χ4v) is 9.72. The molecule has 0 aliphatic carbocycles. The zero-order valence-electron chi connectivity index (χ0n) is 31.9. The first-order chi connectivity index (χ1) is 23.2. The summed E-state index contributed by atoms with van der Waals surface area (Å²) in [6.07, 6.45) is 37.3. The van der Waals surface area contributed by atoms with Crippen LogP contribution in [-0.2, 0) is 0 Å². The Balaban J connectivity index is 3.65. The maximum Gasteiger partial charge on any atom is 0.0558 e. The van der Waals surface area contributed by atoms with Gasteiger partial charge in [0.05, 0.1) is 6.61 Å². The van der Waals surface area contributed by atoms with Gasteiger partial charge >= 0.3 is 0 Å². The van der Waals surface area contributed by atoms with Crippen LogP contribution in [0.1, 0.15) is 187 Å². The molecule has 0 radical (unpaired) electrons. The molecule has 0 fully saturated rings. The zero-order chi connectivity index (χ0) is 34.3. The number of unbranched alkanes of at least 4 members (excludes halogenated alkanes) is 17. The van der Waals surface area contributed by atoms with Crippen molar-refractivity contribution < 1.29 is 5.11 Å². The van der Waals surface area contributed by atoms with Gasteiger partial charge in [0, 0.05) is 6.54 Å². The number of aliphatic hydroxyl groups excluding tert-OH is 1. The highest BCUT2D eigenvalue weighted by molar-refractivity contribution is 7.99. The Bertz CT molecular complexity index is 570. The van der Waals surface area contributed by atoms with Crippen molar-refractivity contribution in [2.45, 2.75) is 187 Å². The quantitative estimate of drug-likeness (QED) is 0.0430. The van der Waals surface area contributed by atoms with Crippen LogP contribution in [0.15, 0.2) is 0 Å². The largest absolute Gasteiger partial charge is 0.395 e. The van der Waals surface area contributed by atoms with Crippen LogP contribution in [0.3, 0.4) is 0 Å². The molecule has 284 valence electrons. The summed E-state index contributed by atoms with van der Waals surface area (Å²) in [5, 5.41) is 9.55. The van der Waals surface area contributed by atoms with Crippen molar-refractivity contribution >= 4 is 48.8 Å². The van der Waals surface area contributed by atoms with E-state index < -0.39 is 0 Å². The maximum atomic E-state index is 9.55. The number of aliphatic hydroxyl groups is 1. The summed E-state index contributed by atoms with van der Waals surface area (Å²) in [5.74, 6) is 9.50. The van der Waals surface area contributed by atoms with Crippen molar-refractivity contribution in [3.8, 4) is 0 Å². The van der Waals surface area contributed by atoms with Gasteiger partial charge in [-0.25, -0.2) is 0 Å². The Labute approximate surface area is 316 Å². The second-order valence-corrected chi connectivity index (χ2v) is 17.7. The van der Waals surface area contributed by atoms with Crippen molar-refractivity contribution in [3.05, 3.63) is 0 Å². The fraction of sp³-hybridized carbons (Fsp3) is 1.00. The number of thiol groups is 2. The third-order valence-electron chi connectivity index (χ3n) is 9.85. The molecule has 2 unspecified atom stereocenters. The molecule has 0 saturated heterocycles. The lowest BCUT2D eigenvalue weighted by molar-refractivity contribution is 0.190. The van der Waals surface area contributed by atoms with E-state index in [0.29, 0.717) is 6.61 Å². The minimum atomic E-state index is 0.306. The summed E-state index contributed by atoms with van der Waals surface area (Å²) in [4.78, 5) is 2.52. The maximum absolute atomic E-state index is 9.55. The van der Waals surface area contributed by atoms with E-state index in [1.54, 1.807) is 0 Å². The highest BCUT2D eigenvalue weighted by Crippen LogP contribution is 2.24. The molecule has 0 aromatic carbocycles. The van der Waals surface area contributed by atoms with Crippen LogP contribution in [-0.4, -0.2) is 70.8 Å². The van der Waals surface area contributed by atoms with E-state index in [-0.39, 0.29) is 0 Å². The number of rotatable bonds is 41. The van der Waals surface area contributed by atoms with Crippen molar-refractivity contribution in [1.82, 2.24) is 4.90 Å². The van der Waals surface area contributed by atoms with Gasteiger partial charge in [0.2, 0.25) is 0 Å². The smallest absolute Gasteiger partial charge is 0.0558 e. The molecule has 0 rings (SSSR count). The lowest BCUT2D eigenvalue weighted by Crippen LogP contribution is -2.29. The van der Waals surface area contributed by atoms with Crippen molar-refractivity contribution in [3.63, 3.8) is 0 Å². The van der Waals surface area contributed by atoms with E-state index in [2.05, 4.69) is 67.5 Å². The first kappa shape index (κ1) is 48.3. The second-order valence-electron chi connectivity index (χ2n) is 14.5. The number of hydrogen-bond acceptors (Lipinski definition) is 6. The normalized spacial score (nSPS) is 13.1. The van der Waals surface area contributed by atoms with E-state index in [4.69, 9.17) is 0 Å². The molecular formula is C41H85NOS4. The monoisotopic (exact) mass is 736 g/mol. The first-order valence-electron chi connectivity index (χ1n) is 20.9. The Morgan fingerprint density at radius 2 is 0.851 bits per heavy atom. The van der Waals surface area contributed by atoms with Crippen molar-refractivity contribution in [2.75, 3.05) is 60.8 Å². The van der Waals surface area contributed by atoms with Gasteiger partial charge in [0.1, 0.15) is 0 Å². The molecule has 0 amide bonds. The Kier molecular flexibility index (Phi) is 42.9. The van der Waals surface area contributed by atoms with Gasteiger partial charge in [-0.1, -0.05) is 123 Å². The van der Waals surface area contributed by atoms with Crippen LogP contribution < -0.4 is 0 Å². The molecule has 0 bridgehead atoms. The van der Waals surface area contributed by atoms with Crippen LogP contribution in [0, 0.1) is 11.8 Å². The Morgan fingerprint density at radius 3 is 1.28 bits per heavy atom. The number of nitrogens with zero attached hydrogens (tertiary/aromatic N) is 1. The van der Waals surface area contributed by atoms with Gasteiger partial charge in [-0.3, -0.25) is 0 Å². The lowest BCUT2D eigenvalue weighted by atomic mass is 9.97. The molecule has 0 aromatic heterocycles. The number of hydrogen-bond donors (Lipinski definition) is 3. The summed E-state index contributed by atoms with van der Waals surface area (Å²) in [6, 6.07) is 0. The van der Waals surface area contributed by atoms with Gasteiger partial charge in [-0.05, 0) is 124 Å². The van der Waals surface area contributed by atoms with E-state index in [1.807, 2.05) is 0 Å². The van der Waals surface area contributed by atoms with Crippen molar-refractivity contribution in [2.24, 2.45) is 11.8 Å². The van der Waals surface area contributed by atoms with Crippen LogP contribution >= 0.6 is 48.8 Å². The van der Waals surface area contributed by atoms with Gasteiger partial charge in [0.15, 0.2) is 0 Å². The highest BCUT2D eigenvalue weighted by atomic mass is 32.2. The molecule has 0 aliphatic rings. The predicted molar refractivity (Wildman–Crippen MR) is 229 cm³/mol. The molecule has 0 aromatic rings. The minimum Gasteiger partial charge on any atom is -0.395 e.